The van der Waals surface area contributed by atoms with Gasteiger partial charge in [0.2, 0.25) is 11.8 Å². The molecule has 0 saturated heterocycles. The van der Waals surface area contributed by atoms with Crippen molar-refractivity contribution in [1.82, 2.24) is 4.98 Å². The van der Waals surface area contributed by atoms with E-state index >= 15 is 0 Å². The third-order valence-corrected chi connectivity index (χ3v) is 4.28. The number of nitrogens with zero attached hydrogens (tertiary/aromatic N) is 1. The second-order valence-corrected chi connectivity index (χ2v) is 6.43. The van der Waals surface area contributed by atoms with Crippen LogP contribution < -0.4 is 5.32 Å². The van der Waals surface area contributed by atoms with E-state index in [4.69, 9.17) is 20.4 Å². The van der Waals surface area contributed by atoms with Gasteiger partial charge in [-0.1, -0.05) is 17.7 Å². The van der Waals surface area contributed by atoms with Crippen LogP contribution in [0, 0.1) is 6.92 Å². The molecule has 0 bridgehead atoms. The minimum Gasteiger partial charge on any atom is -0.465 e. The number of oxazole rings is 1. The van der Waals surface area contributed by atoms with Crippen LogP contribution in [0.2, 0.25) is 5.02 Å². The molecule has 0 atom stereocenters. The van der Waals surface area contributed by atoms with Gasteiger partial charge in [-0.15, -0.1) is 0 Å². The third-order valence-electron chi connectivity index (χ3n) is 3.95. The van der Waals surface area contributed by atoms with Crippen LogP contribution in [0.15, 0.2) is 69.7 Å². The molecule has 4 rings (SSSR count). The van der Waals surface area contributed by atoms with E-state index in [1.54, 1.807) is 42.7 Å². The van der Waals surface area contributed by atoms with Crippen LogP contribution in [-0.2, 0) is 4.79 Å². The van der Waals surface area contributed by atoms with Crippen LogP contribution in [0.5, 0.6) is 0 Å². The van der Waals surface area contributed by atoms with Crippen molar-refractivity contribution < 1.29 is 13.6 Å². The van der Waals surface area contributed by atoms with Crippen LogP contribution in [-0.4, -0.2) is 10.9 Å². The first kappa shape index (κ1) is 17.1. The fourth-order valence-corrected chi connectivity index (χ4v) is 2.85. The summed E-state index contributed by atoms with van der Waals surface area (Å²) in [7, 11) is 0. The van der Waals surface area contributed by atoms with Crippen molar-refractivity contribution in [2.45, 2.75) is 6.92 Å². The van der Waals surface area contributed by atoms with Crippen molar-refractivity contribution in [3.8, 4) is 11.5 Å². The lowest BCUT2D eigenvalue weighted by atomic mass is 10.2. The topological polar surface area (TPSA) is 68.3 Å². The Balaban J connectivity index is 1.59. The van der Waals surface area contributed by atoms with Crippen molar-refractivity contribution >= 4 is 40.4 Å². The van der Waals surface area contributed by atoms with Gasteiger partial charge in [-0.2, -0.15) is 0 Å². The fraction of sp³-hybridized carbons (Fsp3) is 0.0476. The smallest absolute Gasteiger partial charge is 0.248 e. The highest BCUT2D eigenvalue weighted by Gasteiger charge is 2.13. The largest absolute Gasteiger partial charge is 0.465 e. The number of anilines is 1. The first-order chi connectivity index (χ1) is 13.1. The van der Waals surface area contributed by atoms with Gasteiger partial charge in [-0.25, -0.2) is 4.98 Å². The number of aryl methyl sites for hydroxylation is 1. The molecule has 0 saturated carbocycles. The number of hydrogen-bond donors (Lipinski definition) is 1. The van der Waals surface area contributed by atoms with Crippen molar-refractivity contribution in [3.05, 3.63) is 77.2 Å². The zero-order chi connectivity index (χ0) is 18.8. The van der Waals surface area contributed by atoms with Gasteiger partial charge in [0.1, 0.15) is 11.3 Å². The maximum Gasteiger partial charge on any atom is 0.248 e. The van der Waals surface area contributed by atoms with E-state index in [9.17, 15) is 4.79 Å². The van der Waals surface area contributed by atoms with Gasteiger partial charge in [0.25, 0.3) is 0 Å². The molecule has 0 unspecified atom stereocenters. The van der Waals surface area contributed by atoms with Crippen LogP contribution >= 0.6 is 11.6 Å². The first-order valence-corrected chi connectivity index (χ1v) is 8.66. The Kier molecular flexibility index (Phi) is 4.52. The number of rotatable bonds is 4. The SMILES string of the molecule is Cc1ccc2oc(-c3cc(NC(=O)/C=C\c4ccco4)ccc3Cl)nc2c1. The molecule has 0 aliphatic rings. The average molecular weight is 379 g/mol. The molecular formula is C21H15ClN2O3. The van der Waals surface area contributed by atoms with E-state index in [1.165, 1.54) is 6.08 Å². The number of carbonyl (C=O) groups is 1. The highest BCUT2D eigenvalue weighted by Crippen LogP contribution is 2.32. The minimum atomic E-state index is -0.284. The Morgan fingerprint density at radius 1 is 1.19 bits per heavy atom. The summed E-state index contributed by atoms with van der Waals surface area (Å²) < 4.78 is 11.0. The number of hydrogen-bond acceptors (Lipinski definition) is 4. The Morgan fingerprint density at radius 3 is 2.89 bits per heavy atom. The van der Waals surface area contributed by atoms with Crippen LogP contribution in [0.1, 0.15) is 11.3 Å². The van der Waals surface area contributed by atoms with E-state index < -0.39 is 0 Å². The lowest BCUT2D eigenvalue weighted by Crippen LogP contribution is -2.07. The molecule has 0 aliphatic carbocycles. The summed E-state index contributed by atoms with van der Waals surface area (Å²) in [4.78, 5) is 16.6. The number of halogens is 1. The molecule has 0 radical (unpaired) electrons. The molecule has 1 N–H and O–H groups in total. The maximum atomic E-state index is 12.1. The molecule has 0 aliphatic heterocycles. The molecule has 0 fully saturated rings. The highest BCUT2D eigenvalue weighted by atomic mass is 35.5. The predicted molar refractivity (Wildman–Crippen MR) is 106 cm³/mol. The van der Waals surface area contributed by atoms with Gasteiger partial charge in [-0.3, -0.25) is 4.79 Å². The number of carbonyl (C=O) groups excluding carboxylic acids is 1. The molecule has 5 nitrogen and oxygen atoms in total. The normalized spacial score (nSPS) is 11.3. The molecule has 2 aromatic carbocycles. The molecule has 2 heterocycles. The van der Waals surface area contributed by atoms with E-state index in [1.807, 2.05) is 25.1 Å². The lowest BCUT2D eigenvalue weighted by molar-refractivity contribution is -0.111. The summed E-state index contributed by atoms with van der Waals surface area (Å²) in [5.41, 5.74) is 3.73. The zero-order valence-electron chi connectivity index (χ0n) is 14.4. The first-order valence-electron chi connectivity index (χ1n) is 8.28. The summed E-state index contributed by atoms with van der Waals surface area (Å²) in [6, 6.07) is 14.4. The highest BCUT2D eigenvalue weighted by molar-refractivity contribution is 6.33. The van der Waals surface area contributed by atoms with Crippen LogP contribution in [0.3, 0.4) is 0 Å². The molecule has 1 amide bonds. The van der Waals surface area contributed by atoms with Gasteiger partial charge in [-0.05, 0) is 61.0 Å². The molecular weight excluding hydrogens is 364 g/mol. The Morgan fingerprint density at radius 2 is 2.07 bits per heavy atom. The van der Waals surface area contributed by atoms with Crippen LogP contribution in [0.25, 0.3) is 28.6 Å². The summed E-state index contributed by atoms with van der Waals surface area (Å²) in [6.07, 6.45) is 4.54. The second kappa shape index (κ2) is 7.13. The van der Waals surface area contributed by atoms with Gasteiger partial charge < -0.3 is 14.2 Å². The number of furan rings is 1. The predicted octanol–water partition coefficient (Wildman–Crippen LogP) is 5.70. The summed E-state index contributed by atoms with van der Waals surface area (Å²) in [6.45, 7) is 1.99. The van der Waals surface area contributed by atoms with Crippen LogP contribution in [0.4, 0.5) is 5.69 Å². The summed E-state index contributed by atoms with van der Waals surface area (Å²) in [5.74, 6) is 0.722. The molecule has 2 aromatic heterocycles. The van der Waals surface area contributed by atoms with Crippen molar-refractivity contribution in [2.24, 2.45) is 0 Å². The van der Waals surface area contributed by atoms with E-state index in [0.717, 1.165) is 11.1 Å². The van der Waals surface area contributed by atoms with Gasteiger partial charge in [0, 0.05) is 11.8 Å². The van der Waals surface area contributed by atoms with Crippen molar-refractivity contribution in [2.75, 3.05) is 5.32 Å². The lowest BCUT2D eigenvalue weighted by Gasteiger charge is -2.05. The number of aromatic nitrogens is 1. The number of nitrogens with one attached hydrogen (secondary N) is 1. The zero-order valence-corrected chi connectivity index (χ0v) is 15.2. The quantitative estimate of drug-likeness (QED) is 0.462. The minimum absolute atomic E-state index is 0.284. The Hall–Kier alpha value is -3.31. The molecule has 6 heteroatoms. The summed E-state index contributed by atoms with van der Waals surface area (Å²) in [5, 5.41) is 3.28. The molecule has 0 spiro atoms. The summed E-state index contributed by atoms with van der Waals surface area (Å²) >= 11 is 6.32. The Bertz CT molecular complexity index is 1140. The number of fused-ring (bicyclic) bond motifs is 1. The van der Waals surface area contributed by atoms with Gasteiger partial charge in [0.05, 0.1) is 16.8 Å². The van der Waals surface area contributed by atoms with E-state index in [-0.39, 0.29) is 5.91 Å². The van der Waals surface area contributed by atoms with Crippen molar-refractivity contribution in [1.29, 1.82) is 0 Å². The fourth-order valence-electron chi connectivity index (χ4n) is 2.65. The van der Waals surface area contributed by atoms with E-state index in [2.05, 4.69) is 10.3 Å². The number of benzene rings is 2. The average Bonchev–Trinajstić information content (AvgIpc) is 3.30. The van der Waals surface area contributed by atoms with Crippen molar-refractivity contribution in [3.63, 3.8) is 0 Å². The van der Waals surface area contributed by atoms with E-state index in [0.29, 0.717) is 33.5 Å². The molecule has 134 valence electrons. The Labute approximate surface area is 160 Å². The standard InChI is InChI=1S/C21H15ClN2O3/c1-13-4-8-19-18(11-13)24-21(27-19)16-12-14(5-7-17(16)22)23-20(25)9-6-15-3-2-10-26-15/h2-12H,1H3,(H,23,25)/b9-6-. The van der Waals surface area contributed by atoms with Gasteiger partial charge in [0.15, 0.2) is 5.58 Å². The second-order valence-electron chi connectivity index (χ2n) is 6.02. The molecule has 27 heavy (non-hydrogen) atoms. The monoisotopic (exact) mass is 378 g/mol. The molecule has 4 aromatic rings. The van der Waals surface area contributed by atoms with Gasteiger partial charge >= 0.3 is 0 Å². The maximum absolute atomic E-state index is 12.1. The number of amides is 1. The third kappa shape index (κ3) is 3.78.